The molecule has 2 nitrogen and oxygen atoms in total. The van der Waals surface area contributed by atoms with E-state index in [1.807, 2.05) is 0 Å². The van der Waals surface area contributed by atoms with Gasteiger partial charge in [0.15, 0.2) is 9.84 Å². The van der Waals surface area contributed by atoms with Crippen LogP contribution < -0.4 is 0 Å². The van der Waals surface area contributed by atoms with Crippen LogP contribution >= 0.6 is 11.6 Å². The molecule has 2 fully saturated rings. The van der Waals surface area contributed by atoms with Gasteiger partial charge in [0.05, 0.1) is 16.9 Å². The van der Waals surface area contributed by atoms with Gasteiger partial charge in [-0.15, -0.1) is 11.6 Å². The van der Waals surface area contributed by atoms with Crippen LogP contribution in [0.3, 0.4) is 0 Å². The Labute approximate surface area is 132 Å². The molecule has 0 spiro atoms. The van der Waals surface area contributed by atoms with Crippen LogP contribution in [0.15, 0.2) is 24.3 Å². The Morgan fingerprint density at radius 1 is 1.00 bits per heavy atom. The number of benzene rings is 1. The lowest BCUT2D eigenvalue weighted by Gasteiger charge is -2.23. The summed E-state index contributed by atoms with van der Waals surface area (Å²) >= 11 is 6.51. The molecule has 1 heterocycles. The van der Waals surface area contributed by atoms with Crippen molar-refractivity contribution in [1.29, 1.82) is 0 Å². The van der Waals surface area contributed by atoms with Crippen molar-refractivity contribution in [3.63, 3.8) is 0 Å². The second-order valence-corrected chi connectivity index (χ2v) is 9.27. The predicted molar refractivity (Wildman–Crippen MR) is 87.6 cm³/mol. The van der Waals surface area contributed by atoms with Crippen LogP contribution in [0.1, 0.15) is 60.9 Å². The second-order valence-electron chi connectivity index (χ2n) is 6.57. The summed E-state index contributed by atoms with van der Waals surface area (Å²) in [6, 6.07) is 8.60. The minimum Gasteiger partial charge on any atom is -0.229 e. The third-order valence-electron chi connectivity index (χ3n) is 5.01. The van der Waals surface area contributed by atoms with Crippen molar-refractivity contribution in [2.24, 2.45) is 5.92 Å². The van der Waals surface area contributed by atoms with Crippen LogP contribution in [0, 0.1) is 5.92 Å². The summed E-state index contributed by atoms with van der Waals surface area (Å²) in [6.07, 6.45) is 7.33. The number of rotatable bonds is 3. The molecule has 2 atom stereocenters. The van der Waals surface area contributed by atoms with Gasteiger partial charge in [0, 0.05) is 0 Å². The van der Waals surface area contributed by atoms with Crippen molar-refractivity contribution in [1.82, 2.24) is 0 Å². The number of halogens is 1. The first-order chi connectivity index (χ1) is 10.1. The highest BCUT2D eigenvalue weighted by atomic mass is 35.5. The van der Waals surface area contributed by atoms with Crippen molar-refractivity contribution < 1.29 is 8.42 Å². The third kappa shape index (κ3) is 3.62. The summed E-state index contributed by atoms with van der Waals surface area (Å²) in [5.74, 6) is 1.30. The van der Waals surface area contributed by atoms with Crippen LogP contribution in [0.5, 0.6) is 0 Å². The Kier molecular flexibility index (Phi) is 4.60. The summed E-state index contributed by atoms with van der Waals surface area (Å²) in [5.41, 5.74) is 2.49. The average Bonchev–Trinajstić information content (AvgIpc) is 2.88. The maximum Gasteiger partial charge on any atom is 0.150 e. The number of sulfone groups is 1. The zero-order chi connectivity index (χ0) is 14.9. The zero-order valence-corrected chi connectivity index (χ0v) is 13.9. The van der Waals surface area contributed by atoms with Gasteiger partial charge >= 0.3 is 0 Å². The third-order valence-corrected chi connectivity index (χ3v) is 7.42. The van der Waals surface area contributed by atoms with Gasteiger partial charge in [-0.1, -0.05) is 43.5 Å². The molecule has 0 amide bonds. The highest BCUT2D eigenvalue weighted by Crippen LogP contribution is 2.38. The van der Waals surface area contributed by atoms with E-state index < -0.39 is 9.84 Å². The van der Waals surface area contributed by atoms with Crippen LogP contribution in [-0.4, -0.2) is 19.9 Å². The van der Waals surface area contributed by atoms with Crippen molar-refractivity contribution in [3.05, 3.63) is 35.4 Å². The molecule has 1 aromatic carbocycles. The highest BCUT2D eigenvalue weighted by molar-refractivity contribution is 7.91. The minimum atomic E-state index is -2.86. The summed E-state index contributed by atoms with van der Waals surface area (Å²) in [4.78, 5) is 0. The lowest BCUT2D eigenvalue weighted by molar-refractivity contribution is 0.443. The Morgan fingerprint density at radius 3 is 2.24 bits per heavy atom. The van der Waals surface area contributed by atoms with E-state index >= 15 is 0 Å². The van der Waals surface area contributed by atoms with Gasteiger partial charge in [-0.3, -0.25) is 0 Å². The first-order valence-corrected chi connectivity index (χ1v) is 10.3. The summed E-state index contributed by atoms with van der Waals surface area (Å²) in [6.45, 7) is 0. The molecule has 0 N–H and O–H groups in total. The Bertz CT molecular complexity index is 573. The molecular formula is C17H23ClO2S. The molecule has 3 rings (SSSR count). The standard InChI is InChI=1S/C17H23ClO2S/c18-17(16-10-11-21(19,20)12-16)15-8-6-14(7-9-15)13-4-2-1-3-5-13/h6-9,13,16-17H,1-5,10-12H2. The Balaban J connectivity index is 1.69. The SMILES string of the molecule is O=S1(=O)CCC(C(Cl)c2ccc(C3CCCCC3)cc2)C1. The van der Waals surface area contributed by atoms with E-state index in [0.717, 1.165) is 5.56 Å². The summed E-state index contributed by atoms with van der Waals surface area (Å²) in [7, 11) is -2.86. The van der Waals surface area contributed by atoms with E-state index in [0.29, 0.717) is 18.1 Å². The number of hydrogen-bond donors (Lipinski definition) is 0. The number of hydrogen-bond acceptors (Lipinski definition) is 2. The molecule has 21 heavy (non-hydrogen) atoms. The first kappa shape index (κ1) is 15.4. The maximum absolute atomic E-state index is 11.6. The first-order valence-electron chi connectivity index (χ1n) is 7.99. The van der Waals surface area contributed by atoms with E-state index in [4.69, 9.17) is 11.6 Å². The fourth-order valence-corrected chi connectivity index (χ4v) is 6.02. The molecule has 1 aliphatic heterocycles. The fourth-order valence-electron chi connectivity index (χ4n) is 3.71. The quantitative estimate of drug-likeness (QED) is 0.769. The molecule has 1 saturated carbocycles. The summed E-state index contributed by atoms with van der Waals surface area (Å²) in [5, 5.41) is -0.178. The number of alkyl halides is 1. The average molecular weight is 327 g/mol. The van der Waals surface area contributed by atoms with Crippen LogP contribution in [0.4, 0.5) is 0 Å². The van der Waals surface area contributed by atoms with Crippen molar-refractivity contribution >= 4 is 21.4 Å². The van der Waals surface area contributed by atoms with E-state index in [9.17, 15) is 8.42 Å². The molecule has 0 radical (unpaired) electrons. The Hall–Kier alpha value is -0.540. The molecule has 0 bridgehead atoms. The molecule has 2 aliphatic rings. The second kappa shape index (κ2) is 6.29. The summed E-state index contributed by atoms with van der Waals surface area (Å²) < 4.78 is 23.2. The molecule has 0 aromatic heterocycles. The fraction of sp³-hybridized carbons (Fsp3) is 0.647. The van der Waals surface area contributed by atoms with E-state index in [-0.39, 0.29) is 17.0 Å². The smallest absolute Gasteiger partial charge is 0.150 e. The molecule has 1 aromatic rings. The van der Waals surface area contributed by atoms with Gasteiger partial charge in [0.2, 0.25) is 0 Å². The van der Waals surface area contributed by atoms with Crippen LogP contribution in [0.2, 0.25) is 0 Å². The Morgan fingerprint density at radius 2 is 1.67 bits per heavy atom. The normalized spacial score (nSPS) is 27.6. The maximum atomic E-state index is 11.6. The van der Waals surface area contributed by atoms with E-state index in [1.54, 1.807) is 0 Å². The molecular weight excluding hydrogens is 304 g/mol. The lowest BCUT2D eigenvalue weighted by atomic mass is 9.83. The van der Waals surface area contributed by atoms with Crippen molar-refractivity contribution in [2.75, 3.05) is 11.5 Å². The molecule has 116 valence electrons. The minimum absolute atomic E-state index is 0.0668. The molecule has 4 heteroatoms. The molecule has 2 unspecified atom stereocenters. The lowest BCUT2D eigenvalue weighted by Crippen LogP contribution is -2.11. The monoisotopic (exact) mass is 326 g/mol. The van der Waals surface area contributed by atoms with Crippen LogP contribution in [-0.2, 0) is 9.84 Å². The van der Waals surface area contributed by atoms with Gasteiger partial charge in [0.1, 0.15) is 0 Å². The van der Waals surface area contributed by atoms with E-state index in [1.165, 1.54) is 37.7 Å². The van der Waals surface area contributed by atoms with Crippen molar-refractivity contribution in [3.8, 4) is 0 Å². The van der Waals surface area contributed by atoms with Gasteiger partial charge in [-0.25, -0.2) is 8.42 Å². The van der Waals surface area contributed by atoms with Gasteiger partial charge in [-0.2, -0.15) is 0 Å². The predicted octanol–water partition coefficient (Wildman–Crippen LogP) is 4.45. The van der Waals surface area contributed by atoms with Crippen molar-refractivity contribution in [2.45, 2.75) is 49.8 Å². The molecule has 1 saturated heterocycles. The van der Waals surface area contributed by atoms with E-state index in [2.05, 4.69) is 24.3 Å². The van der Waals surface area contributed by atoms with Crippen LogP contribution in [0.25, 0.3) is 0 Å². The largest absolute Gasteiger partial charge is 0.229 e. The zero-order valence-electron chi connectivity index (χ0n) is 12.3. The van der Waals surface area contributed by atoms with Gasteiger partial charge in [-0.05, 0) is 42.2 Å². The van der Waals surface area contributed by atoms with Gasteiger partial charge in [0.25, 0.3) is 0 Å². The molecule has 1 aliphatic carbocycles. The van der Waals surface area contributed by atoms with Gasteiger partial charge < -0.3 is 0 Å². The topological polar surface area (TPSA) is 34.1 Å². The highest BCUT2D eigenvalue weighted by Gasteiger charge is 2.33.